The molecule has 1 aliphatic rings. The van der Waals surface area contributed by atoms with E-state index >= 15 is 0 Å². The molecule has 1 aromatic rings. The third-order valence-electron chi connectivity index (χ3n) is 4.08. The average Bonchev–Trinajstić information content (AvgIpc) is 3.02. The maximum Gasteiger partial charge on any atom is 0.317 e. The lowest BCUT2D eigenvalue weighted by atomic mass is 9.92. The molecule has 0 unspecified atom stereocenters. The Morgan fingerprint density at radius 1 is 1.57 bits per heavy atom. The first-order valence-corrected chi connectivity index (χ1v) is 8.43. The zero-order valence-corrected chi connectivity index (χ0v) is 13.9. The van der Waals surface area contributed by atoms with E-state index in [0.717, 1.165) is 24.3 Å². The maximum absolute atomic E-state index is 12.3. The number of rotatable bonds is 5. The highest BCUT2D eigenvalue weighted by Crippen LogP contribution is 2.21. The Kier molecular flexibility index (Phi) is 5.99. The second kappa shape index (κ2) is 7.75. The molecule has 5 nitrogen and oxygen atoms in total. The van der Waals surface area contributed by atoms with Crippen LogP contribution in [0.2, 0.25) is 0 Å². The van der Waals surface area contributed by atoms with Crippen molar-refractivity contribution in [2.75, 3.05) is 20.7 Å². The van der Waals surface area contributed by atoms with Gasteiger partial charge < -0.3 is 15.0 Å². The van der Waals surface area contributed by atoms with Crippen molar-refractivity contribution in [1.82, 2.24) is 15.2 Å². The Labute approximate surface area is 130 Å². The molecule has 0 radical (unpaired) electrons. The van der Waals surface area contributed by atoms with Crippen molar-refractivity contribution in [2.24, 2.45) is 0 Å². The minimum absolute atomic E-state index is 0.0210. The van der Waals surface area contributed by atoms with Gasteiger partial charge in [0, 0.05) is 38.2 Å². The molecule has 21 heavy (non-hydrogen) atoms. The Morgan fingerprint density at radius 2 is 2.33 bits per heavy atom. The van der Waals surface area contributed by atoms with Crippen LogP contribution in [0.1, 0.15) is 43.5 Å². The van der Waals surface area contributed by atoms with E-state index in [4.69, 9.17) is 4.74 Å². The van der Waals surface area contributed by atoms with Gasteiger partial charge in [-0.3, -0.25) is 0 Å². The zero-order chi connectivity index (χ0) is 15.2. The second-order valence-corrected chi connectivity index (χ2v) is 6.69. The highest BCUT2D eigenvalue weighted by Gasteiger charge is 2.27. The number of methoxy groups -OCH3 is 1. The van der Waals surface area contributed by atoms with E-state index in [1.54, 1.807) is 23.3 Å². The van der Waals surface area contributed by atoms with Crippen molar-refractivity contribution in [3.8, 4) is 0 Å². The SMILES string of the molecule is CO[C@@H]1CCCC[C@@H]1NC(=O)N(C)C[C@@H](C)c1nccs1. The van der Waals surface area contributed by atoms with Gasteiger partial charge in [-0.1, -0.05) is 19.8 Å². The van der Waals surface area contributed by atoms with Crippen molar-refractivity contribution < 1.29 is 9.53 Å². The fourth-order valence-electron chi connectivity index (χ4n) is 2.86. The standard InChI is InChI=1S/C15H25N3O2S/c1-11(14-16-8-9-21-14)10-18(2)15(19)17-12-6-4-5-7-13(12)20-3/h8-9,11-13H,4-7,10H2,1-3H3,(H,17,19)/t11-,12+,13-/m1/s1. The molecule has 1 fully saturated rings. The van der Waals surface area contributed by atoms with Crippen LogP contribution in [0.3, 0.4) is 0 Å². The summed E-state index contributed by atoms with van der Waals surface area (Å²) in [6.07, 6.45) is 6.32. The van der Waals surface area contributed by atoms with E-state index in [-0.39, 0.29) is 24.1 Å². The van der Waals surface area contributed by atoms with Crippen molar-refractivity contribution in [2.45, 2.75) is 50.7 Å². The molecule has 1 aromatic heterocycles. The fraction of sp³-hybridized carbons (Fsp3) is 0.733. The minimum Gasteiger partial charge on any atom is -0.379 e. The summed E-state index contributed by atoms with van der Waals surface area (Å²) < 4.78 is 5.48. The summed E-state index contributed by atoms with van der Waals surface area (Å²) in [4.78, 5) is 18.4. The number of nitrogens with one attached hydrogen (secondary N) is 1. The third kappa shape index (κ3) is 4.41. The van der Waals surface area contributed by atoms with Gasteiger partial charge in [-0.2, -0.15) is 0 Å². The summed E-state index contributed by atoms with van der Waals surface area (Å²) in [5.74, 6) is 0.255. The number of urea groups is 1. The Balaban J connectivity index is 1.84. The summed E-state index contributed by atoms with van der Waals surface area (Å²) in [6, 6.07) is 0.112. The molecular formula is C15H25N3O2S. The number of thiazole rings is 1. The van der Waals surface area contributed by atoms with Crippen molar-refractivity contribution in [3.05, 3.63) is 16.6 Å². The lowest BCUT2D eigenvalue weighted by Crippen LogP contribution is -2.50. The van der Waals surface area contributed by atoms with E-state index in [1.807, 2.05) is 18.6 Å². The highest BCUT2D eigenvalue weighted by molar-refractivity contribution is 7.09. The van der Waals surface area contributed by atoms with Gasteiger partial charge in [-0.05, 0) is 12.8 Å². The molecule has 1 heterocycles. The summed E-state index contributed by atoms with van der Waals surface area (Å²) in [5, 5.41) is 6.16. The molecular weight excluding hydrogens is 286 g/mol. The molecule has 0 aliphatic heterocycles. The molecule has 1 aliphatic carbocycles. The number of carbonyl (C=O) groups excluding carboxylic acids is 1. The van der Waals surface area contributed by atoms with E-state index in [0.29, 0.717) is 6.54 Å². The van der Waals surface area contributed by atoms with Crippen molar-refractivity contribution in [3.63, 3.8) is 0 Å². The highest BCUT2D eigenvalue weighted by atomic mass is 32.1. The largest absolute Gasteiger partial charge is 0.379 e. The number of hydrogen-bond donors (Lipinski definition) is 1. The van der Waals surface area contributed by atoms with Crippen LogP contribution in [-0.2, 0) is 4.74 Å². The summed E-state index contributed by atoms with van der Waals surface area (Å²) in [6.45, 7) is 2.77. The fourth-order valence-corrected chi connectivity index (χ4v) is 3.55. The number of carbonyl (C=O) groups is 1. The quantitative estimate of drug-likeness (QED) is 0.909. The van der Waals surface area contributed by atoms with E-state index in [9.17, 15) is 4.79 Å². The number of ether oxygens (including phenoxy) is 1. The molecule has 1 saturated carbocycles. The van der Waals surface area contributed by atoms with E-state index < -0.39 is 0 Å². The van der Waals surface area contributed by atoms with Crippen LogP contribution in [0.25, 0.3) is 0 Å². The summed E-state index contributed by atoms with van der Waals surface area (Å²) in [5.41, 5.74) is 0. The molecule has 0 saturated heterocycles. The normalized spacial score (nSPS) is 23.6. The molecule has 1 N–H and O–H groups in total. The predicted octanol–water partition coefficient (Wildman–Crippen LogP) is 2.85. The molecule has 2 rings (SSSR count). The Morgan fingerprint density at radius 3 is 3.00 bits per heavy atom. The van der Waals surface area contributed by atoms with Gasteiger partial charge in [0.15, 0.2) is 0 Å². The molecule has 6 heteroatoms. The van der Waals surface area contributed by atoms with Gasteiger partial charge in [0.05, 0.1) is 17.2 Å². The summed E-state index contributed by atoms with van der Waals surface area (Å²) >= 11 is 1.63. The molecule has 3 atom stereocenters. The monoisotopic (exact) mass is 311 g/mol. The van der Waals surface area contributed by atoms with E-state index in [2.05, 4.69) is 17.2 Å². The molecule has 0 spiro atoms. The van der Waals surface area contributed by atoms with Gasteiger partial charge in [0.1, 0.15) is 0 Å². The third-order valence-corrected chi connectivity index (χ3v) is 5.09. The Bertz CT molecular complexity index is 438. The van der Waals surface area contributed by atoms with Crippen LogP contribution < -0.4 is 5.32 Å². The van der Waals surface area contributed by atoms with Gasteiger partial charge in [0.25, 0.3) is 0 Å². The van der Waals surface area contributed by atoms with Crippen molar-refractivity contribution >= 4 is 17.4 Å². The average molecular weight is 311 g/mol. The lowest BCUT2D eigenvalue weighted by molar-refractivity contribution is 0.0434. The topological polar surface area (TPSA) is 54.5 Å². The summed E-state index contributed by atoms with van der Waals surface area (Å²) in [7, 11) is 3.56. The van der Waals surface area contributed by atoms with Gasteiger partial charge in [0.2, 0.25) is 0 Å². The van der Waals surface area contributed by atoms with Crippen LogP contribution in [0, 0.1) is 0 Å². The zero-order valence-electron chi connectivity index (χ0n) is 13.0. The number of amides is 2. The van der Waals surface area contributed by atoms with Crippen LogP contribution in [0.15, 0.2) is 11.6 Å². The first-order chi connectivity index (χ1) is 10.1. The molecule has 0 bridgehead atoms. The first-order valence-electron chi connectivity index (χ1n) is 7.55. The van der Waals surface area contributed by atoms with Crippen LogP contribution >= 0.6 is 11.3 Å². The lowest BCUT2D eigenvalue weighted by Gasteiger charge is -2.32. The number of aromatic nitrogens is 1. The van der Waals surface area contributed by atoms with Gasteiger partial charge >= 0.3 is 6.03 Å². The smallest absolute Gasteiger partial charge is 0.317 e. The maximum atomic E-state index is 12.3. The van der Waals surface area contributed by atoms with Crippen LogP contribution in [0.4, 0.5) is 4.79 Å². The Hall–Kier alpha value is -1.14. The van der Waals surface area contributed by atoms with Gasteiger partial charge in [-0.25, -0.2) is 9.78 Å². The van der Waals surface area contributed by atoms with Crippen LogP contribution in [0.5, 0.6) is 0 Å². The molecule has 0 aromatic carbocycles. The van der Waals surface area contributed by atoms with E-state index in [1.165, 1.54) is 6.42 Å². The number of likely N-dealkylation sites (N-methyl/N-ethyl adjacent to an activating group) is 1. The first kappa shape index (κ1) is 16.2. The molecule has 118 valence electrons. The predicted molar refractivity (Wildman–Crippen MR) is 84.7 cm³/mol. The van der Waals surface area contributed by atoms with Crippen LogP contribution in [-0.4, -0.2) is 48.8 Å². The molecule has 2 amide bonds. The van der Waals surface area contributed by atoms with Gasteiger partial charge in [-0.15, -0.1) is 11.3 Å². The minimum atomic E-state index is -0.0210. The number of hydrogen-bond acceptors (Lipinski definition) is 4. The second-order valence-electron chi connectivity index (χ2n) is 5.77. The van der Waals surface area contributed by atoms with Crippen molar-refractivity contribution in [1.29, 1.82) is 0 Å². The number of nitrogens with zero attached hydrogens (tertiary/aromatic N) is 2.